The van der Waals surface area contributed by atoms with E-state index < -0.39 is 4.92 Å². The first-order chi connectivity index (χ1) is 12.4. The topological polar surface area (TPSA) is 74.0 Å². The zero-order chi connectivity index (χ0) is 19.1. The molecule has 2 aromatic carbocycles. The van der Waals surface area contributed by atoms with E-state index in [0.717, 1.165) is 22.4 Å². The first-order valence-corrected chi connectivity index (χ1v) is 8.58. The van der Waals surface area contributed by atoms with Gasteiger partial charge in [0, 0.05) is 12.1 Å². The maximum absolute atomic E-state index is 10.8. The third-order valence-electron chi connectivity index (χ3n) is 3.94. The lowest BCUT2D eigenvalue weighted by Gasteiger charge is -2.15. The molecule has 0 amide bonds. The average Bonchev–Trinajstić information content (AvgIpc) is 2.60. The number of non-ortho nitro benzene ring substituents is 1. The first-order valence-electron chi connectivity index (χ1n) is 8.58. The summed E-state index contributed by atoms with van der Waals surface area (Å²) in [6.45, 7) is 9.00. The number of benzene rings is 2. The summed E-state index contributed by atoms with van der Waals surface area (Å²) < 4.78 is 5.72. The largest absolute Gasteiger partial charge is 0.494 e. The summed E-state index contributed by atoms with van der Waals surface area (Å²) in [6, 6.07) is 10.4. The number of hydrogen-bond donors (Lipinski definition) is 0. The van der Waals surface area contributed by atoms with Gasteiger partial charge in [0.25, 0.3) is 5.69 Å². The number of hydrogen-bond acceptors (Lipinski definition) is 5. The molecule has 0 saturated heterocycles. The van der Waals surface area contributed by atoms with Crippen molar-refractivity contribution in [2.45, 2.75) is 40.2 Å². The molecule has 2 rings (SSSR count). The van der Waals surface area contributed by atoms with Gasteiger partial charge in [0.2, 0.25) is 0 Å². The van der Waals surface area contributed by atoms with Gasteiger partial charge in [-0.2, -0.15) is 0 Å². The second-order valence-electron chi connectivity index (χ2n) is 6.27. The number of oxime groups is 1. The molecular formula is C20H24N2O4. The standard InChI is InChI=1S/C20H24N2O4/c1-5-25-20-9-15(4)17(11-19(20)14(2)3)12-21-26-13-16-7-6-8-18(10-16)22(23)24/h6-12,14H,5,13H2,1-4H3/b21-12-. The van der Waals surface area contributed by atoms with Crippen LogP contribution >= 0.6 is 0 Å². The Hall–Kier alpha value is -2.89. The molecule has 2 aromatic rings. The van der Waals surface area contributed by atoms with Crippen LogP contribution in [0.1, 0.15) is 48.9 Å². The number of aryl methyl sites for hydroxylation is 1. The summed E-state index contributed by atoms with van der Waals surface area (Å²) in [5, 5.41) is 14.8. The zero-order valence-electron chi connectivity index (χ0n) is 15.6. The molecule has 0 saturated carbocycles. The Labute approximate surface area is 153 Å². The van der Waals surface area contributed by atoms with E-state index in [9.17, 15) is 10.1 Å². The smallest absolute Gasteiger partial charge is 0.269 e. The fourth-order valence-corrected chi connectivity index (χ4v) is 2.55. The summed E-state index contributed by atoms with van der Waals surface area (Å²) >= 11 is 0. The van der Waals surface area contributed by atoms with Crippen molar-refractivity contribution in [3.05, 3.63) is 68.8 Å². The molecule has 0 N–H and O–H groups in total. The molecule has 0 aliphatic rings. The maximum Gasteiger partial charge on any atom is 0.269 e. The molecule has 0 radical (unpaired) electrons. The molecule has 0 heterocycles. The van der Waals surface area contributed by atoms with Crippen molar-refractivity contribution in [2.75, 3.05) is 6.61 Å². The molecule has 26 heavy (non-hydrogen) atoms. The van der Waals surface area contributed by atoms with Gasteiger partial charge in [0.1, 0.15) is 12.4 Å². The lowest BCUT2D eigenvalue weighted by Crippen LogP contribution is -2.01. The van der Waals surface area contributed by atoms with Crippen LogP contribution in [0.25, 0.3) is 0 Å². The van der Waals surface area contributed by atoms with E-state index in [4.69, 9.17) is 9.57 Å². The van der Waals surface area contributed by atoms with Gasteiger partial charge in [-0.05, 0) is 54.2 Å². The third-order valence-corrected chi connectivity index (χ3v) is 3.94. The number of nitrogens with zero attached hydrogens (tertiary/aromatic N) is 2. The SMILES string of the molecule is CCOc1cc(C)c(/C=N\OCc2cccc([N+](=O)[O-])c2)cc1C(C)C. The summed E-state index contributed by atoms with van der Waals surface area (Å²) in [7, 11) is 0. The Balaban J connectivity index is 2.09. The summed E-state index contributed by atoms with van der Waals surface area (Å²) in [5.74, 6) is 1.23. The number of nitro groups is 1. The minimum absolute atomic E-state index is 0.0408. The van der Waals surface area contributed by atoms with Crippen molar-refractivity contribution in [1.29, 1.82) is 0 Å². The highest BCUT2D eigenvalue weighted by Crippen LogP contribution is 2.29. The molecule has 0 aromatic heterocycles. The Morgan fingerprint density at radius 3 is 2.69 bits per heavy atom. The van der Waals surface area contributed by atoms with Crippen LogP contribution in [0.5, 0.6) is 5.75 Å². The Morgan fingerprint density at radius 1 is 1.27 bits per heavy atom. The van der Waals surface area contributed by atoms with E-state index >= 15 is 0 Å². The summed E-state index contributed by atoms with van der Waals surface area (Å²) in [5.41, 5.74) is 3.86. The highest BCUT2D eigenvalue weighted by atomic mass is 16.6. The number of rotatable bonds is 8. The van der Waals surface area contributed by atoms with Crippen LogP contribution in [0.3, 0.4) is 0 Å². The van der Waals surface area contributed by atoms with Gasteiger partial charge in [-0.1, -0.05) is 31.1 Å². The minimum atomic E-state index is -0.427. The predicted octanol–water partition coefficient (Wildman–Crippen LogP) is 4.98. The van der Waals surface area contributed by atoms with Crippen LogP contribution in [-0.2, 0) is 11.4 Å². The van der Waals surface area contributed by atoms with E-state index in [0.29, 0.717) is 18.1 Å². The molecule has 0 fully saturated rings. The van der Waals surface area contributed by atoms with E-state index in [-0.39, 0.29) is 12.3 Å². The van der Waals surface area contributed by atoms with Crippen molar-refractivity contribution in [1.82, 2.24) is 0 Å². The van der Waals surface area contributed by atoms with Crippen molar-refractivity contribution >= 4 is 11.9 Å². The lowest BCUT2D eigenvalue weighted by molar-refractivity contribution is -0.384. The molecule has 6 heteroatoms. The fourth-order valence-electron chi connectivity index (χ4n) is 2.55. The van der Waals surface area contributed by atoms with E-state index in [2.05, 4.69) is 25.1 Å². The van der Waals surface area contributed by atoms with E-state index in [1.54, 1.807) is 18.3 Å². The predicted molar refractivity (Wildman–Crippen MR) is 102 cm³/mol. The molecule has 138 valence electrons. The van der Waals surface area contributed by atoms with Crippen LogP contribution in [0, 0.1) is 17.0 Å². The second-order valence-corrected chi connectivity index (χ2v) is 6.27. The highest BCUT2D eigenvalue weighted by molar-refractivity contribution is 5.82. The van der Waals surface area contributed by atoms with Gasteiger partial charge < -0.3 is 9.57 Å². The molecule has 0 atom stereocenters. The monoisotopic (exact) mass is 356 g/mol. The third kappa shape index (κ3) is 5.05. The Morgan fingerprint density at radius 2 is 2.04 bits per heavy atom. The molecule has 0 spiro atoms. The summed E-state index contributed by atoms with van der Waals surface area (Å²) in [4.78, 5) is 15.7. The number of ether oxygens (including phenoxy) is 1. The summed E-state index contributed by atoms with van der Waals surface area (Å²) in [6.07, 6.45) is 1.66. The first kappa shape index (κ1) is 19.4. The molecule has 0 bridgehead atoms. The van der Waals surface area contributed by atoms with Gasteiger partial charge in [0.15, 0.2) is 0 Å². The zero-order valence-corrected chi connectivity index (χ0v) is 15.6. The highest BCUT2D eigenvalue weighted by Gasteiger charge is 2.11. The van der Waals surface area contributed by atoms with Crippen LogP contribution in [-0.4, -0.2) is 17.7 Å². The van der Waals surface area contributed by atoms with Crippen molar-refractivity contribution in [3.8, 4) is 5.75 Å². The van der Waals surface area contributed by atoms with Gasteiger partial charge >= 0.3 is 0 Å². The Bertz CT molecular complexity index is 800. The van der Waals surface area contributed by atoms with Gasteiger partial charge in [0.05, 0.1) is 17.7 Å². The van der Waals surface area contributed by atoms with Gasteiger partial charge in [-0.25, -0.2) is 0 Å². The van der Waals surface area contributed by atoms with Crippen LogP contribution in [0.2, 0.25) is 0 Å². The van der Waals surface area contributed by atoms with Crippen LogP contribution in [0.4, 0.5) is 5.69 Å². The Kier molecular flexibility index (Phi) is 6.72. The molecule has 0 unspecified atom stereocenters. The molecule has 0 aliphatic heterocycles. The maximum atomic E-state index is 10.8. The van der Waals surface area contributed by atoms with Gasteiger partial charge in [-0.15, -0.1) is 0 Å². The molecular weight excluding hydrogens is 332 g/mol. The molecule has 0 aliphatic carbocycles. The van der Waals surface area contributed by atoms with Crippen LogP contribution < -0.4 is 4.74 Å². The lowest BCUT2D eigenvalue weighted by atomic mass is 9.97. The quantitative estimate of drug-likeness (QED) is 0.380. The van der Waals surface area contributed by atoms with Gasteiger partial charge in [-0.3, -0.25) is 10.1 Å². The number of nitro benzene ring substituents is 1. The van der Waals surface area contributed by atoms with E-state index in [1.165, 1.54) is 12.1 Å². The van der Waals surface area contributed by atoms with Crippen molar-refractivity contribution in [3.63, 3.8) is 0 Å². The van der Waals surface area contributed by atoms with E-state index in [1.807, 2.05) is 19.9 Å². The minimum Gasteiger partial charge on any atom is -0.494 e. The van der Waals surface area contributed by atoms with Crippen LogP contribution in [0.15, 0.2) is 41.6 Å². The normalized spacial score (nSPS) is 11.1. The fraction of sp³-hybridized carbons (Fsp3) is 0.350. The average molecular weight is 356 g/mol. The van der Waals surface area contributed by atoms with Crippen molar-refractivity contribution < 1.29 is 14.5 Å². The molecule has 6 nitrogen and oxygen atoms in total. The van der Waals surface area contributed by atoms with Crippen molar-refractivity contribution in [2.24, 2.45) is 5.16 Å². The second kappa shape index (κ2) is 8.99.